The zero-order valence-electron chi connectivity index (χ0n) is 26.1. The van der Waals surface area contributed by atoms with Crippen LogP contribution in [0.2, 0.25) is 0 Å². The summed E-state index contributed by atoms with van der Waals surface area (Å²) >= 11 is 1.51. The van der Waals surface area contributed by atoms with E-state index >= 15 is 0 Å². The van der Waals surface area contributed by atoms with Crippen LogP contribution in [0.25, 0.3) is 37.1 Å². The number of thiophene rings is 1. The first-order valence-corrected chi connectivity index (χ1v) is 17.0. The van der Waals surface area contributed by atoms with Crippen molar-refractivity contribution in [3.8, 4) is 0 Å². The molecular weight excluding hydrogens is 554 g/mol. The number of aryl methyl sites for hydroxylation is 1. The lowest BCUT2D eigenvalue weighted by Crippen LogP contribution is -2.34. The van der Waals surface area contributed by atoms with Gasteiger partial charge >= 0.3 is 0 Å². The number of carbonyl (C=O) groups excluding carboxylic acids is 1. The number of benzene rings is 2. The van der Waals surface area contributed by atoms with E-state index in [1.807, 2.05) is 35.2 Å². The van der Waals surface area contributed by atoms with Crippen molar-refractivity contribution in [1.82, 2.24) is 23.8 Å². The Hall–Kier alpha value is -3.23. The van der Waals surface area contributed by atoms with Crippen LogP contribution in [-0.2, 0) is 6.54 Å². The number of hydrogen-bond donors (Lipinski definition) is 0. The van der Waals surface area contributed by atoms with Crippen LogP contribution in [0, 0.1) is 11.8 Å². The second kappa shape index (κ2) is 12.8. The molecule has 228 valence electrons. The Morgan fingerprint density at radius 1 is 0.930 bits per heavy atom. The van der Waals surface area contributed by atoms with E-state index in [0.29, 0.717) is 27.9 Å². The minimum Gasteiger partial charge on any atom is -0.339 e. The van der Waals surface area contributed by atoms with Gasteiger partial charge < -0.3 is 14.4 Å². The molecule has 1 fully saturated rings. The zero-order chi connectivity index (χ0) is 30.1. The largest absolute Gasteiger partial charge is 0.339 e. The van der Waals surface area contributed by atoms with Crippen molar-refractivity contribution in [1.29, 1.82) is 0 Å². The van der Waals surface area contributed by atoms with Gasteiger partial charge in [0.15, 0.2) is 0 Å². The third-order valence-corrected chi connectivity index (χ3v) is 10.1. The van der Waals surface area contributed by atoms with E-state index < -0.39 is 0 Å². The van der Waals surface area contributed by atoms with E-state index in [9.17, 15) is 9.59 Å². The second-order valence-corrected chi connectivity index (χ2v) is 14.1. The minimum absolute atomic E-state index is 0.0319. The summed E-state index contributed by atoms with van der Waals surface area (Å²) in [5.41, 5.74) is 3.15. The van der Waals surface area contributed by atoms with Gasteiger partial charge in [-0.3, -0.25) is 9.59 Å². The minimum atomic E-state index is -0.0319. The van der Waals surface area contributed by atoms with E-state index in [2.05, 4.69) is 49.3 Å². The third-order valence-electron chi connectivity index (χ3n) is 8.92. The maximum atomic E-state index is 14.1. The van der Waals surface area contributed by atoms with Gasteiger partial charge in [-0.25, -0.2) is 9.38 Å². The molecule has 0 spiro atoms. The van der Waals surface area contributed by atoms with Gasteiger partial charge in [-0.2, -0.15) is 0 Å². The molecule has 0 aliphatic carbocycles. The lowest BCUT2D eigenvalue weighted by atomic mass is 10.1. The molecule has 5 aromatic rings. The van der Waals surface area contributed by atoms with Crippen LogP contribution in [0.3, 0.4) is 0 Å². The molecule has 3 aromatic heterocycles. The standard InChI is InChI=1S/C35H45N5O2S/c1-24(2)15-21-38(22-16-25(3)4)33(41)26-13-14-28-29(23-26)39(20-10-19-37-17-8-5-9-18-37)35-36-31-27-11-6-7-12-30(27)43-32(31)34(42)40(28)35/h6-7,11-14,23-25H,5,8-10,15-22H2,1-4H3. The maximum Gasteiger partial charge on any atom is 0.277 e. The van der Waals surface area contributed by atoms with Crippen LogP contribution in [0.5, 0.6) is 0 Å². The second-order valence-electron chi connectivity index (χ2n) is 13.1. The topological polar surface area (TPSA) is 62.9 Å². The SMILES string of the molecule is CC(C)CCN(CCC(C)C)C(=O)c1ccc2c(c1)n(CCCN1CCCCC1)c1nc3c(sc4ccccc43)c(=O)n21. The molecule has 2 aromatic carbocycles. The summed E-state index contributed by atoms with van der Waals surface area (Å²) in [7, 11) is 0. The van der Waals surface area contributed by atoms with Crippen molar-refractivity contribution in [2.24, 2.45) is 11.8 Å². The molecule has 1 aliphatic heterocycles. The Morgan fingerprint density at radius 3 is 2.37 bits per heavy atom. The quantitative estimate of drug-likeness (QED) is 0.158. The molecule has 7 nitrogen and oxygen atoms in total. The van der Waals surface area contributed by atoms with E-state index in [-0.39, 0.29) is 11.5 Å². The summed E-state index contributed by atoms with van der Waals surface area (Å²) in [5, 5.41) is 1.02. The molecule has 0 atom stereocenters. The highest BCUT2D eigenvalue weighted by molar-refractivity contribution is 7.25. The molecule has 43 heavy (non-hydrogen) atoms. The highest BCUT2D eigenvalue weighted by Gasteiger charge is 2.22. The third kappa shape index (κ3) is 6.09. The van der Waals surface area contributed by atoms with Crippen LogP contribution in [-0.4, -0.2) is 62.4 Å². The molecule has 1 saturated heterocycles. The van der Waals surface area contributed by atoms with Crippen molar-refractivity contribution < 1.29 is 4.79 Å². The number of hydrogen-bond acceptors (Lipinski definition) is 5. The van der Waals surface area contributed by atoms with E-state index in [1.165, 1.54) is 30.6 Å². The van der Waals surface area contributed by atoms with Crippen LogP contribution >= 0.6 is 11.3 Å². The molecule has 8 heteroatoms. The predicted octanol–water partition coefficient (Wildman–Crippen LogP) is 7.43. The summed E-state index contributed by atoms with van der Waals surface area (Å²) in [4.78, 5) is 37.8. The molecular formula is C35H45N5O2S. The van der Waals surface area contributed by atoms with Crippen molar-refractivity contribution in [2.45, 2.75) is 72.8 Å². The average molecular weight is 600 g/mol. The van der Waals surface area contributed by atoms with Crippen LogP contribution < -0.4 is 5.56 Å². The smallest absolute Gasteiger partial charge is 0.277 e. The fraction of sp³-hybridized carbons (Fsp3) is 0.514. The molecule has 4 heterocycles. The molecule has 0 radical (unpaired) electrons. The van der Waals surface area contributed by atoms with Gasteiger partial charge in [0, 0.05) is 35.3 Å². The monoisotopic (exact) mass is 599 g/mol. The number of likely N-dealkylation sites (tertiary alicyclic amines) is 1. The molecule has 1 aliphatic rings. The van der Waals surface area contributed by atoms with Crippen molar-refractivity contribution in [3.63, 3.8) is 0 Å². The Kier molecular flexibility index (Phi) is 8.87. The molecule has 0 N–H and O–H groups in total. The number of fused-ring (bicyclic) bond motifs is 6. The van der Waals surface area contributed by atoms with Gasteiger partial charge in [-0.1, -0.05) is 52.3 Å². The van der Waals surface area contributed by atoms with Crippen LogP contribution in [0.4, 0.5) is 0 Å². The molecule has 0 bridgehead atoms. The van der Waals surface area contributed by atoms with Gasteiger partial charge in [0.25, 0.3) is 11.5 Å². The van der Waals surface area contributed by atoms with Crippen molar-refractivity contribution in [2.75, 3.05) is 32.7 Å². The lowest BCUT2D eigenvalue weighted by molar-refractivity contribution is 0.0741. The highest BCUT2D eigenvalue weighted by Crippen LogP contribution is 2.32. The first-order valence-electron chi connectivity index (χ1n) is 16.2. The van der Waals surface area contributed by atoms with Crippen LogP contribution in [0.1, 0.15) is 76.6 Å². The van der Waals surface area contributed by atoms with Crippen molar-refractivity contribution >= 4 is 54.4 Å². The maximum absolute atomic E-state index is 14.1. The van der Waals surface area contributed by atoms with Gasteiger partial charge in [0.1, 0.15) is 4.70 Å². The molecule has 0 saturated carbocycles. The normalized spacial score (nSPS) is 14.7. The number of nitrogens with zero attached hydrogens (tertiary/aromatic N) is 5. The predicted molar refractivity (Wildman–Crippen MR) is 180 cm³/mol. The number of rotatable bonds is 11. The number of piperidine rings is 1. The highest BCUT2D eigenvalue weighted by atomic mass is 32.1. The average Bonchev–Trinajstić information content (AvgIpc) is 3.53. The molecule has 6 rings (SSSR count). The number of aromatic nitrogens is 3. The van der Waals surface area contributed by atoms with E-state index in [0.717, 1.165) is 85.2 Å². The van der Waals surface area contributed by atoms with E-state index in [1.54, 1.807) is 4.40 Å². The number of carbonyl (C=O) groups is 1. The first-order chi connectivity index (χ1) is 20.8. The Bertz CT molecular complexity index is 1800. The summed E-state index contributed by atoms with van der Waals surface area (Å²) in [5.74, 6) is 1.79. The number of imidazole rings is 1. The van der Waals surface area contributed by atoms with Gasteiger partial charge in [-0.05, 0) is 87.8 Å². The van der Waals surface area contributed by atoms with Gasteiger partial charge in [0.05, 0.1) is 16.6 Å². The molecule has 1 amide bonds. The number of amides is 1. The van der Waals surface area contributed by atoms with Crippen LogP contribution in [0.15, 0.2) is 47.3 Å². The molecule has 0 unspecified atom stereocenters. The van der Waals surface area contributed by atoms with Gasteiger partial charge in [0.2, 0.25) is 5.78 Å². The fourth-order valence-corrected chi connectivity index (χ4v) is 7.45. The Balaban J connectivity index is 1.45. The summed E-state index contributed by atoms with van der Waals surface area (Å²) in [6.45, 7) is 14.4. The first kappa shape index (κ1) is 29.8. The Labute approximate surface area is 258 Å². The van der Waals surface area contributed by atoms with Crippen molar-refractivity contribution in [3.05, 3.63) is 58.4 Å². The van der Waals surface area contributed by atoms with E-state index in [4.69, 9.17) is 4.98 Å². The lowest BCUT2D eigenvalue weighted by Gasteiger charge is -2.26. The summed E-state index contributed by atoms with van der Waals surface area (Å²) in [6.07, 6.45) is 6.78. The fourth-order valence-electron chi connectivity index (χ4n) is 6.38. The Morgan fingerprint density at radius 2 is 1.65 bits per heavy atom. The summed E-state index contributed by atoms with van der Waals surface area (Å²) < 4.78 is 5.72. The zero-order valence-corrected chi connectivity index (χ0v) is 27.0. The van der Waals surface area contributed by atoms with Gasteiger partial charge in [-0.15, -0.1) is 11.3 Å². The summed E-state index contributed by atoms with van der Waals surface area (Å²) in [6, 6.07) is 14.0.